The zero-order valence-electron chi connectivity index (χ0n) is 12.6. The summed E-state index contributed by atoms with van der Waals surface area (Å²) in [4.78, 5) is 22.3. The van der Waals surface area contributed by atoms with Crippen LogP contribution in [-0.2, 0) is 22.4 Å². The van der Waals surface area contributed by atoms with Crippen molar-refractivity contribution >= 4 is 28.3 Å². The number of aryl methyl sites for hydroxylation is 2. The molecule has 0 saturated heterocycles. The highest BCUT2D eigenvalue weighted by atomic mass is 32.1. The largest absolute Gasteiger partial charge is 0.484 e. The number of benzene rings is 1. The molecule has 122 valence electrons. The first-order chi connectivity index (χ1) is 11.1. The Bertz CT molecular complexity index is 670. The summed E-state index contributed by atoms with van der Waals surface area (Å²) < 4.78 is 5.39. The number of amides is 1. The van der Waals surface area contributed by atoms with E-state index < -0.39 is 5.97 Å². The minimum absolute atomic E-state index is 0.0144. The van der Waals surface area contributed by atoms with Crippen molar-refractivity contribution in [1.82, 2.24) is 10.2 Å². The van der Waals surface area contributed by atoms with Crippen molar-refractivity contribution in [2.24, 2.45) is 0 Å². The number of carboxylic acids is 1. The van der Waals surface area contributed by atoms with Gasteiger partial charge >= 0.3 is 5.97 Å². The fourth-order valence-electron chi connectivity index (χ4n) is 1.74. The fraction of sp³-hybridized carbons (Fsp3) is 0.333. The Labute approximate surface area is 137 Å². The Morgan fingerprint density at radius 1 is 1.26 bits per heavy atom. The third kappa shape index (κ3) is 5.67. The third-order valence-corrected chi connectivity index (χ3v) is 3.87. The van der Waals surface area contributed by atoms with E-state index in [1.807, 2.05) is 24.3 Å². The van der Waals surface area contributed by atoms with E-state index in [0.29, 0.717) is 22.3 Å². The van der Waals surface area contributed by atoms with E-state index in [1.54, 1.807) is 0 Å². The molecule has 23 heavy (non-hydrogen) atoms. The number of aromatic nitrogens is 2. The summed E-state index contributed by atoms with van der Waals surface area (Å²) in [6.45, 7) is 1.94. The van der Waals surface area contributed by atoms with Crippen LogP contribution in [0, 0.1) is 0 Å². The van der Waals surface area contributed by atoms with Crippen molar-refractivity contribution in [1.29, 1.82) is 0 Å². The quantitative estimate of drug-likeness (QED) is 0.766. The van der Waals surface area contributed by atoms with Gasteiger partial charge in [-0.2, -0.15) is 0 Å². The molecule has 0 unspecified atom stereocenters. The second-order valence-corrected chi connectivity index (χ2v) is 5.79. The van der Waals surface area contributed by atoms with E-state index in [4.69, 9.17) is 9.84 Å². The van der Waals surface area contributed by atoms with E-state index in [-0.39, 0.29) is 18.9 Å². The fourth-order valence-corrected chi connectivity index (χ4v) is 2.50. The van der Waals surface area contributed by atoms with Crippen LogP contribution < -0.4 is 10.1 Å². The first-order valence-electron chi connectivity index (χ1n) is 7.12. The molecule has 0 fully saturated rings. The molecule has 0 bridgehead atoms. The highest BCUT2D eigenvalue weighted by molar-refractivity contribution is 7.15. The molecule has 0 aliphatic carbocycles. The molecular weight excluding hydrogens is 318 g/mol. The van der Waals surface area contributed by atoms with Crippen LogP contribution >= 0.6 is 11.3 Å². The van der Waals surface area contributed by atoms with Gasteiger partial charge in [-0.15, -0.1) is 10.2 Å². The Morgan fingerprint density at radius 3 is 2.65 bits per heavy atom. The van der Waals surface area contributed by atoms with Gasteiger partial charge in [0, 0.05) is 6.42 Å². The predicted molar refractivity (Wildman–Crippen MR) is 85.8 cm³/mol. The smallest absolute Gasteiger partial charge is 0.303 e. The van der Waals surface area contributed by atoms with E-state index in [2.05, 4.69) is 22.4 Å². The summed E-state index contributed by atoms with van der Waals surface area (Å²) in [6, 6.07) is 7.54. The van der Waals surface area contributed by atoms with Crippen molar-refractivity contribution in [3.63, 3.8) is 0 Å². The molecular formula is C15H17N3O4S. The molecule has 0 radical (unpaired) electrons. The molecule has 2 rings (SSSR count). The summed E-state index contributed by atoms with van der Waals surface area (Å²) in [6.07, 6.45) is 1.23. The summed E-state index contributed by atoms with van der Waals surface area (Å²) in [5.74, 6) is -0.615. The SMILES string of the molecule is CCc1ccc(OCC(=O)Nc2nnc(CCC(=O)O)s2)cc1. The lowest BCUT2D eigenvalue weighted by Crippen LogP contribution is -2.20. The van der Waals surface area contributed by atoms with Gasteiger partial charge in [0.2, 0.25) is 5.13 Å². The number of hydrogen-bond acceptors (Lipinski definition) is 6. The van der Waals surface area contributed by atoms with Crippen molar-refractivity contribution < 1.29 is 19.4 Å². The Balaban J connectivity index is 1.78. The first-order valence-corrected chi connectivity index (χ1v) is 7.94. The van der Waals surface area contributed by atoms with Gasteiger partial charge in [0.15, 0.2) is 6.61 Å². The molecule has 7 nitrogen and oxygen atoms in total. The Hall–Kier alpha value is -2.48. The zero-order valence-corrected chi connectivity index (χ0v) is 13.4. The lowest BCUT2D eigenvalue weighted by atomic mass is 10.2. The van der Waals surface area contributed by atoms with Crippen molar-refractivity contribution in [2.45, 2.75) is 26.2 Å². The van der Waals surface area contributed by atoms with Gasteiger partial charge in [0.1, 0.15) is 10.8 Å². The maximum absolute atomic E-state index is 11.8. The van der Waals surface area contributed by atoms with E-state index >= 15 is 0 Å². The minimum Gasteiger partial charge on any atom is -0.484 e. The number of carbonyl (C=O) groups excluding carboxylic acids is 1. The molecule has 1 amide bonds. The van der Waals surface area contributed by atoms with Gasteiger partial charge in [-0.3, -0.25) is 14.9 Å². The van der Waals surface area contributed by atoms with E-state index in [9.17, 15) is 9.59 Å². The molecule has 0 aliphatic heterocycles. The molecule has 0 aliphatic rings. The number of nitrogens with one attached hydrogen (secondary N) is 1. The third-order valence-electron chi connectivity index (χ3n) is 2.97. The topological polar surface area (TPSA) is 101 Å². The van der Waals surface area contributed by atoms with Crippen LogP contribution in [0.3, 0.4) is 0 Å². The molecule has 2 N–H and O–H groups in total. The monoisotopic (exact) mass is 335 g/mol. The van der Waals surface area contributed by atoms with Gasteiger partial charge < -0.3 is 9.84 Å². The number of carbonyl (C=O) groups is 2. The van der Waals surface area contributed by atoms with Crippen LogP contribution in [0.15, 0.2) is 24.3 Å². The molecule has 0 atom stereocenters. The molecule has 1 aromatic heterocycles. The van der Waals surface area contributed by atoms with Crippen LogP contribution in [0.1, 0.15) is 23.9 Å². The maximum atomic E-state index is 11.8. The normalized spacial score (nSPS) is 10.3. The lowest BCUT2D eigenvalue weighted by molar-refractivity contribution is -0.137. The first kappa shape index (κ1) is 16.9. The molecule has 0 spiro atoms. The van der Waals surface area contributed by atoms with Crippen LogP contribution in [-0.4, -0.2) is 33.8 Å². The zero-order chi connectivity index (χ0) is 16.7. The summed E-state index contributed by atoms with van der Waals surface area (Å²) >= 11 is 1.16. The van der Waals surface area contributed by atoms with Crippen molar-refractivity contribution in [3.05, 3.63) is 34.8 Å². The van der Waals surface area contributed by atoms with Crippen LogP contribution in [0.5, 0.6) is 5.75 Å². The van der Waals surface area contributed by atoms with Crippen LogP contribution in [0.2, 0.25) is 0 Å². The highest BCUT2D eigenvalue weighted by Gasteiger charge is 2.10. The number of rotatable bonds is 8. The number of carboxylic acid groups (broad SMARTS) is 1. The average molecular weight is 335 g/mol. The van der Waals surface area contributed by atoms with E-state index in [1.165, 1.54) is 5.56 Å². The van der Waals surface area contributed by atoms with Gasteiger partial charge in [0.25, 0.3) is 5.91 Å². The standard InChI is InChI=1S/C15H17N3O4S/c1-2-10-3-5-11(6-4-10)22-9-12(19)16-15-18-17-13(23-15)7-8-14(20)21/h3-6H,2,7-9H2,1H3,(H,20,21)(H,16,18,19). The summed E-state index contributed by atoms with van der Waals surface area (Å²) in [5, 5.41) is 19.7. The van der Waals surface area contributed by atoms with Gasteiger partial charge in [-0.1, -0.05) is 30.4 Å². The molecule has 2 aromatic rings. The number of ether oxygens (including phenoxy) is 1. The highest BCUT2D eigenvalue weighted by Crippen LogP contribution is 2.17. The molecule has 1 heterocycles. The second kappa shape index (κ2) is 8.23. The number of anilines is 1. The number of aliphatic carboxylic acids is 1. The average Bonchev–Trinajstić information content (AvgIpc) is 2.99. The summed E-state index contributed by atoms with van der Waals surface area (Å²) in [5.41, 5.74) is 1.20. The van der Waals surface area contributed by atoms with Crippen molar-refractivity contribution in [3.8, 4) is 5.75 Å². The van der Waals surface area contributed by atoms with Crippen LogP contribution in [0.25, 0.3) is 0 Å². The maximum Gasteiger partial charge on any atom is 0.303 e. The lowest BCUT2D eigenvalue weighted by Gasteiger charge is -2.06. The molecule has 0 saturated carbocycles. The minimum atomic E-state index is -0.895. The number of nitrogens with zero attached hydrogens (tertiary/aromatic N) is 2. The molecule has 1 aromatic carbocycles. The Morgan fingerprint density at radius 2 is 2.00 bits per heavy atom. The van der Waals surface area contributed by atoms with Gasteiger partial charge in [-0.05, 0) is 24.1 Å². The predicted octanol–water partition coefficient (Wildman–Crippen LogP) is 2.14. The van der Waals surface area contributed by atoms with E-state index in [0.717, 1.165) is 17.8 Å². The van der Waals surface area contributed by atoms with Crippen LogP contribution in [0.4, 0.5) is 5.13 Å². The molecule has 8 heteroatoms. The summed E-state index contributed by atoms with van der Waals surface area (Å²) in [7, 11) is 0. The Kier molecular flexibility index (Phi) is 6.04. The van der Waals surface area contributed by atoms with Gasteiger partial charge in [-0.25, -0.2) is 0 Å². The van der Waals surface area contributed by atoms with Crippen molar-refractivity contribution in [2.75, 3.05) is 11.9 Å². The van der Waals surface area contributed by atoms with Gasteiger partial charge in [0.05, 0.1) is 6.42 Å². The second-order valence-electron chi connectivity index (χ2n) is 4.73. The number of hydrogen-bond donors (Lipinski definition) is 2.